The lowest BCUT2D eigenvalue weighted by atomic mass is 10.0. The first-order valence-corrected chi connectivity index (χ1v) is 7.77. The number of benzene rings is 1. The van der Waals surface area contributed by atoms with Crippen LogP contribution in [0.1, 0.15) is 39.7 Å². The van der Waals surface area contributed by atoms with E-state index in [1.54, 1.807) is 0 Å². The summed E-state index contributed by atoms with van der Waals surface area (Å²) in [5, 5.41) is 0. The summed E-state index contributed by atoms with van der Waals surface area (Å²) in [6.45, 7) is 8.75. The predicted octanol–water partition coefficient (Wildman–Crippen LogP) is 2.74. The van der Waals surface area contributed by atoms with Crippen LogP contribution in [0.5, 0.6) is 5.75 Å². The topological polar surface area (TPSA) is 55.6 Å². The summed E-state index contributed by atoms with van der Waals surface area (Å²) in [6, 6.07) is 6.16. The Labute approximate surface area is 127 Å². The predicted molar refractivity (Wildman–Crippen MR) is 85.7 cm³/mol. The molecule has 0 saturated heterocycles. The standard InChI is InChI=1S/C17H26N2O2/c1-5-17(20)19-10-16(11(2)3)21-15-7-6-13(8-12(4)18)9-14(15)19/h6-7,9,11-12,16H,5,8,10,18H2,1-4H3. The Kier molecular flexibility index (Phi) is 4.88. The van der Waals surface area contributed by atoms with Crippen LogP contribution in [0.2, 0.25) is 0 Å². The Morgan fingerprint density at radius 3 is 2.71 bits per heavy atom. The SMILES string of the molecule is CCC(=O)N1CC(C(C)C)Oc2ccc(CC(C)N)cc21. The van der Waals surface area contributed by atoms with Crippen LogP contribution in [0, 0.1) is 5.92 Å². The summed E-state index contributed by atoms with van der Waals surface area (Å²) in [7, 11) is 0. The second-order valence-electron chi connectivity index (χ2n) is 6.24. The van der Waals surface area contributed by atoms with Crippen molar-refractivity contribution in [1.82, 2.24) is 0 Å². The Balaban J connectivity index is 2.37. The van der Waals surface area contributed by atoms with Gasteiger partial charge in [-0.15, -0.1) is 0 Å². The zero-order chi connectivity index (χ0) is 15.6. The van der Waals surface area contributed by atoms with E-state index in [1.807, 2.05) is 36.9 Å². The first kappa shape index (κ1) is 15.8. The molecule has 2 rings (SSSR count). The number of rotatable bonds is 4. The number of nitrogens with two attached hydrogens (primary N) is 1. The van der Waals surface area contributed by atoms with Crippen LogP contribution < -0.4 is 15.4 Å². The van der Waals surface area contributed by atoms with Crippen molar-refractivity contribution >= 4 is 11.6 Å². The molecule has 4 nitrogen and oxygen atoms in total. The molecule has 4 heteroatoms. The molecule has 0 aliphatic carbocycles. The summed E-state index contributed by atoms with van der Waals surface area (Å²) >= 11 is 0. The average molecular weight is 290 g/mol. The summed E-state index contributed by atoms with van der Waals surface area (Å²) in [4.78, 5) is 14.1. The van der Waals surface area contributed by atoms with E-state index >= 15 is 0 Å². The van der Waals surface area contributed by atoms with Gasteiger partial charge in [0.05, 0.1) is 12.2 Å². The molecule has 0 spiro atoms. The van der Waals surface area contributed by atoms with Gasteiger partial charge in [-0.2, -0.15) is 0 Å². The van der Waals surface area contributed by atoms with Gasteiger partial charge >= 0.3 is 0 Å². The summed E-state index contributed by atoms with van der Waals surface area (Å²) < 4.78 is 6.05. The van der Waals surface area contributed by atoms with Crippen LogP contribution in [0.4, 0.5) is 5.69 Å². The van der Waals surface area contributed by atoms with Gasteiger partial charge in [0, 0.05) is 12.5 Å². The fourth-order valence-electron chi connectivity index (χ4n) is 2.62. The molecule has 2 unspecified atom stereocenters. The van der Waals surface area contributed by atoms with E-state index in [9.17, 15) is 4.79 Å². The Morgan fingerprint density at radius 1 is 1.43 bits per heavy atom. The van der Waals surface area contributed by atoms with Crippen molar-refractivity contribution in [2.45, 2.75) is 52.7 Å². The highest BCUT2D eigenvalue weighted by atomic mass is 16.5. The number of anilines is 1. The van der Waals surface area contributed by atoms with Crippen LogP contribution in [0.15, 0.2) is 18.2 Å². The van der Waals surface area contributed by atoms with E-state index in [-0.39, 0.29) is 18.1 Å². The summed E-state index contributed by atoms with van der Waals surface area (Å²) in [5.74, 6) is 1.31. The molecule has 116 valence electrons. The van der Waals surface area contributed by atoms with Crippen molar-refractivity contribution in [2.24, 2.45) is 11.7 Å². The maximum absolute atomic E-state index is 12.3. The highest BCUT2D eigenvalue weighted by Crippen LogP contribution is 2.36. The van der Waals surface area contributed by atoms with E-state index in [2.05, 4.69) is 13.8 Å². The zero-order valence-corrected chi connectivity index (χ0v) is 13.4. The second kappa shape index (κ2) is 6.48. The van der Waals surface area contributed by atoms with Gasteiger partial charge in [-0.1, -0.05) is 26.8 Å². The molecule has 2 atom stereocenters. The third-order valence-electron chi connectivity index (χ3n) is 3.86. The number of carbonyl (C=O) groups excluding carboxylic acids is 1. The Bertz CT molecular complexity index is 512. The number of ether oxygens (including phenoxy) is 1. The molecule has 1 heterocycles. The fraction of sp³-hybridized carbons (Fsp3) is 0.588. The third-order valence-corrected chi connectivity index (χ3v) is 3.86. The molecule has 0 aromatic heterocycles. The van der Waals surface area contributed by atoms with Crippen LogP contribution in [0.25, 0.3) is 0 Å². The molecule has 0 bridgehead atoms. The maximum Gasteiger partial charge on any atom is 0.226 e. The summed E-state index contributed by atoms with van der Waals surface area (Å²) in [5.41, 5.74) is 7.90. The second-order valence-corrected chi connectivity index (χ2v) is 6.24. The number of nitrogens with zero attached hydrogens (tertiary/aromatic N) is 1. The number of hydrogen-bond acceptors (Lipinski definition) is 3. The van der Waals surface area contributed by atoms with Crippen LogP contribution in [-0.2, 0) is 11.2 Å². The molecule has 1 aromatic rings. The van der Waals surface area contributed by atoms with Gasteiger partial charge in [0.15, 0.2) is 0 Å². The number of amides is 1. The normalized spacial score (nSPS) is 19.1. The van der Waals surface area contributed by atoms with Crippen molar-refractivity contribution in [3.63, 3.8) is 0 Å². The molecule has 0 radical (unpaired) electrons. The average Bonchev–Trinajstić information content (AvgIpc) is 2.44. The summed E-state index contributed by atoms with van der Waals surface area (Å²) in [6.07, 6.45) is 1.35. The molecule has 2 N–H and O–H groups in total. The lowest BCUT2D eigenvalue weighted by Gasteiger charge is -2.37. The molecular weight excluding hydrogens is 264 g/mol. The van der Waals surface area contributed by atoms with Gasteiger partial charge in [-0.25, -0.2) is 0 Å². The zero-order valence-electron chi connectivity index (χ0n) is 13.4. The van der Waals surface area contributed by atoms with E-state index in [1.165, 1.54) is 0 Å². The van der Waals surface area contributed by atoms with Gasteiger partial charge in [-0.05, 0) is 37.0 Å². The Morgan fingerprint density at radius 2 is 2.14 bits per heavy atom. The molecular formula is C17H26N2O2. The van der Waals surface area contributed by atoms with E-state index in [4.69, 9.17) is 10.5 Å². The number of fused-ring (bicyclic) bond motifs is 1. The molecule has 0 saturated carbocycles. The molecule has 1 aromatic carbocycles. The van der Waals surface area contributed by atoms with E-state index in [0.29, 0.717) is 18.9 Å². The van der Waals surface area contributed by atoms with Crippen LogP contribution in [0.3, 0.4) is 0 Å². The largest absolute Gasteiger partial charge is 0.486 e. The maximum atomic E-state index is 12.3. The molecule has 0 fully saturated rings. The highest BCUT2D eigenvalue weighted by molar-refractivity contribution is 5.95. The van der Waals surface area contributed by atoms with E-state index in [0.717, 1.165) is 23.4 Å². The molecule has 1 aliphatic heterocycles. The van der Waals surface area contributed by atoms with Crippen molar-refractivity contribution in [2.75, 3.05) is 11.4 Å². The quantitative estimate of drug-likeness (QED) is 0.927. The molecule has 1 amide bonds. The minimum absolute atomic E-state index is 0.0484. The lowest BCUT2D eigenvalue weighted by Crippen LogP contribution is -2.45. The number of hydrogen-bond donors (Lipinski definition) is 1. The van der Waals surface area contributed by atoms with Crippen molar-refractivity contribution < 1.29 is 9.53 Å². The van der Waals surface area contributed by atoms with E-state index < -0.39 is 0 Å². The fourth-order valence-corrected chi connectivity index (χ4v) is 2.62. The van der Waals surface area contributed by atoms with Gasteiger partial charge < -0.3 is 15.4 Å². The minimum atomic E-state index is 0.0484. The first-order chi connectivity index (χ1) is 9.92. The smallest absolute Gasteiger partial charge is 0.226 e. The molecule has 21 heavy (non-hydrogen) atoms. The van der Waals surface area contributed by atoms with Crippen molar-refractivity contribution in [1.29, 1.82) is 0 Å². The third kappa shape index (κ3) is 3.56. The van der Waals surface area contributed by atoms with Gasteiger partial charge in [0.2, 0.25) is 5.91 Å². The Hall–Kier alpha value is -1.55. The molecule has 1 aliphatic rings. The monoisotopic (exact) mass is 290 g/mol. The van der Waals surface area contributed by atoms with Crippen LogP contribution >= 0.6 is 0 Å². The number of carbonyl (C=O) groups is 1. The van der Waals surface area contributed by atoms with Crippen LogP contribution in [-0.4, -0.2) is 24.6 Å². The first-order valence-electron chi connectivity index (χ1n) is 7.77. The highest BCUT2D eigenvalue weighted by Gasteiger charge is 2.30. The van der Waals surface area contributed by atoms with Gasteiger partial charge in [-0.3, -0.25) is 4.79 Å². The minimum Gasteiger partial charge on any atom is -0.486 e. The van der Waals surface area contributed by atoms with Gasteiger partial charge in [0.25, 0.3) is 0 Å². The van der Waals surface area contributed by atoms with Crippen molar-refractivity contribution in [3.05, 3.63) is 23.8 Å². The lowest BCUT2D eigenvalue weighted by molar-refractivity contribution is -0.118. The van der Waals surface area contributed by atoms with Gasteiger partial charge in [0.1, 0.15) is 11.9 Å². The van der Waals surface area contributed by atoms with Crippen molar-refractivity contribution in [3.8, 4) is 5.75 Å².